The minimum absolute atomic E-state index is 0.368. The molecule has 2 aliphatic heterocycles. The Morgan fingerprint density at radius 2 is 1.78 bits per heavy atom. The van der Waals surface area contributed by atoms with Gasteiger partial charge in [-0.1, -0.05) is 26.7 Å². The SMILES string of the molecule is CCCCC1OC2(c3ccc(F)cc3)OC(=N)C(C#N)(C2C)C1(C#N)C#N. The van der Waals surface area contributed by atoms with Gasteiger partial charge in [-0.15, -0.1) is 0 Å². The van der Waals surface area contributed by atoms with Gasteiger partial charge in [0.15, 0.2) is 10.8 Å². The Morgan fingerprint density at radius 1 is 1.15 bits per heavy atom. The topological polar surface area (TPSA) is 114 Å². The highest BCUT2D eigenvalue weighted by Crippen LogP contribution is 2.65. The quantitative estimate of drug-likeness (QED) is 0.871. The molecule has 4 atom stereocenters. The van der Waals surface area contributed by atoms with Crippen LogP contribution in [0.25, 0.3) is 0 Å². The number of nitriles is 3. The Bertz CT molecular complexity index is 881. The van der Waals surface area contributed by atoms with E-state index in [-0.39, 0.29) is 0 Å². The summed E-state index contributed by atoms with van der Waals surface area (Å²) < 4.78 is 25.4. The first kappa shape index (κ1) is 18.8. The second-order valence-corrected chi connectivity index (χ2v) is 7.03. The van der Waals surface area contributed by atoms with Crippen molar-refractivity contribution in [3.8, 4) is 18.2 Å². The third-order valence-corrected chi connectivity index (χ3v) is 5.85. The number of nitrogens with zero attached hydrogens (tertiary/aromatic N) is 3. The smallest absolute Gasteiger partial charge is 0.243 e. The van der Waals surface area contributed by atoms with Gasteiger partial charge in [0, 0.05) is 5.56 Å². The van der Waals surface area contributed by atoms with Crippen molar-refractivity contribution in [3.63, 3.8) is 0 Å². The molecule has 2 fully saturated rings. The average Bonchev–Trinajstić information content (AvgIpc) is 2.84. The van der Waals surface area contributed by atoms with Crippen molar-refractivity contribution in [1.82, 2.24) is 0 Å². The Kier molecular flexibility index (Phi) is 4.42. The summed E-state index contributed by atoms with van der Waals surface area (Å²) in [5.74, 6) is -3.23. The van der Waals surface area contributed by atoms with Crippen LogP contribution in [-0.2, 0) is 15.3 Å². The Balaban J connectivity index is 2.26. The van der Waals surface area contributed by atoms with E-state index in [0.29, 0.717) is 18.4 Å². The molecule has 2 saturated heterocycles. The van der Waals surface area contributed by atoms with Crippen molar-refractivity contribution < 1.29 is 13.9 Å². The molecule has 6 nitrogen and oxygen atoms in total. The van der Waals surface area contributed by atoms with E-state index in [4.69, 9.17) is 14.9 Å². The van der Waals surface area contributed by atoms with Gasteiger partial charge in [0.05, 0.1) is 30.2 Å². The number of unbranched alkanes of at least 4 members (excludes halogenated alkanes) is 1. The van der Waals surface area contributed by atoms with Crippen molar-refractivity contribution in [2.45, 2.75) is 45.0 Å². The van der Waals surface area contributed by atoms with Gasteiger partial charge in [-0.3, -0.25) is 5.41 Å². The van der Waals surface area contributed by atoms with Crippen molar-refractivity contribution in [2.24, 2.45) is 16.7 Å². The molecule has 0 radical (unpaired) electrons. The van der Waals surface area contributed by atoms with E-state index in [1.54, 1.807) is 6.92 Å². The van der Waals surface area contributed by atoms with Gasteiger partial charge in [0.2, 0.25) is 11.7 Å². The lowest BCUT2D eigenvalue weighted by Gasteiger charge is -2.48. The molecule has 27 heavy (non-hydrogen) atoms. The molecule has 0 aliphatic carbocycles. The predicted molar refractivity (Wildman–Crippen MR) is 92.2 cm³/mol. The van der Waals surface area contributed by atoms with E-state index < -0.39 is 40.4 Å². The number of fused-ring (bicyclic) bond motifs is 2. The molecule has 1 aromatic rings. The van der Waals surface area contributed by atoms with Crippen LogP contribution in [0.15, 0.2) is 24.3 Å². The molecule has 2 bridgehead atoms. The standard InChI is InChI=1S/C20H19FN4O2/c1-3-4-5-16-18(10-22,11-23)19(12-24)13(2)20(26-16,27-17(19)25)14-6-8-15(21)9-7-14/h6-9,13,16,25H,3-5H2,1-2H3. The molecule has 4 unspecified atom stereocenters. The largest absolute Gasteiger partial charge is 0.443 e. The van der Waals surface area contributed by atoms with Crippen LogP contribution < -0.4 is 0 Å². The van der Waals surface area contributed by atoms with Crippen LogP contribution in [-0.4, -0.2) is 12.0 Å². The van der Waals surface area contributed by atoms with Crippen molar-refractivity contribution in [1.29, 1.82) is 21.2 Å². The summed E-state index contributed by atoms with van der Waals surface area (Å²) in [6, 6.07) is 11.5. The second-order valence-electron chi connectivity index (χ2n) is 7.03. The van der Waals surface area contributed by atoms with Crippen LogP contribution in [0.3, 0.4) is 0 Å². The van der Waals surface area contributed by atoms with E-state index >= 15 is 0 Å². The van der Waals surface area contributed by atoms with Crippen LogP contribution in [0.1, 0.15) is 38.7 Å². The average molecular weight is 366 g/mol. The molecule has 2 heterocycles. The molecule has 3 rings (SSSR count). The molecule has 0 spiro atoms. The number of halogens is 1. The third kappa shape index (κ3) is 2.14. The lowest BCUT2D eigenvalue weighted by Crippen LogP contribution is -2.60. The van der Waals surface area contributed by atoms with E-state index in [1.807, 2.05) is 19.1 Å². The van der Waals surface area contributed by atoms with Crippen LogP contribution in [0, 0.1) is 62.0 Å². The lowest BCUT2D eigenvalue weighted by molar-refractivity contribution is -0.286. The predicted octanol–water partition coefficient (Wildman–Crippen LogP) is 3.75. The first-order valence-corrected chi connectivity index (χ1v) is 8.84. The minimum atomic E-state index is -1.87. The van der Waals surface area contributed by atoms with Gasteiger partial charge in [-0.25, -0.2) is 4.39 Å². The number of rotatable bonds is 4. The summed E-state index contributed by atoms with van der Waals surface area (Å²) in [5, 5.41) is 38.4. The normalized spacial score (nSPS) is 33.4. The van der Waals surface area contributed by atoms with E-state index in [2.05, 4.69) is 6.07 Å². The van der Waals surface area contributed by atoms with E-state index in [1.165, 1.54) is 24.3 Å². The van der Waals surface area contributed by atoms with Gasteiger partial charge in [-0.2, -0.15) is 15.8 Å². The maximum atomic E-state index is 13.4. The minimum Gasteiger partial charge on any atom is -0.443 e. The molecular formula is C20H19FN4O2. The zero-order chi connectivity index (χ0) is 19.9. The number of ether oxygens (including phenoxy) is 2. The molecule has 1 N–H and O–H groups in total. The Labute approximate surface area is 157 Å². The number of hydrogen-bond acceptors (Lipinski definition) is 6. The summed E-state index contributed by atoms with van der Waals surface area (Å²) in [7, 11) is 0. The Morgan fingerprint density at radius 3 is 2.30 bits per heavy atom. The number of nitrogens with one attached hydrogen (secondary N) is 1. The summed E-state index contributed by atoms with van der Waals surface area (Å²) >= 11 is 0. The van der Waals surface area contributed by atoms with E-state index in [9.17, 15) is 20.2 Å². The highest BCUT2D eigenvalue weighted by atomic mass is 19.1. The zero-order valence-electron chi connectivity index (χ0n) is 15.1. The molecule has 0 saturated carbocycles. The highest BCUT2D eigenvalue weighted by molar-refractivity contribution is 5.89. The van der Waals surface area contributed by atoms with Gasteiger partial charge in [0.1, 0.15) is 5.82 Å². The fourth-order valence-electron chi connectivity index (χ4n) is 4.31. The molecule has 0 amide bonds. The summed E-state index contributed by atoms with van der Waals surface area (Å²) in [5.41, 5.74) is -3.20. The van der Waals surface area contributed by atoms with Gasteiger partial charge < -0.3 is 9.47 Å². The van der Waals surface area contributed by atoms with Gasteiger partial charge >= 0.3 is 0 Å². The maximum absolute atomic E-state index is 13.4. The fraction of sp³-hybridized carbons (Fsp3) is 0.500. The molecule has 138 valence electrons. The monoisotopic (exact) mass is 366 g/mol. The summed E-state index contributed by atoms with van der Waals surface area (Å²) in [6.45, 7) is 3.60. The lowest BCUT2D eigenvalue weighted by atomic mass is 9.53. The molecule has 2 aliphatic rings. The summed E-state index contributed by atoms with van der Waals surface area (Å²) in [4.78, 5) is 0. The second kappa shape index (κ2) is 6.34. The first-order valence-electron chi connectivity index (χ1n) is 8.84. The van der Waals surface area contributed by atoms with Crippen LogP contribution in [0.4, 0.5) is 4.39 Å². The molecule has 7 heteroatoms. The summed E-state index contributed by atoms with van der Waals surface area (Å²) in [6.07, 6.45) is 0.937. The van der Waals surface area contributed by atoms with Crippen LogP contribution in [0.2, 0.25) is 0 Å². The number of hydrogen-bond donors (Lipinski definition) is 1. The Hall–Kier alpha value is -2.95. The first-order chi connectivity index (χ1) is 12.9. The molecular weight excluding hydrogens is 347 g/mol. The third-order valence-electron chi connectivity index (χ3n) is 5.85. The van der Waals surface area contributed by atoms with Crippen molar-refractivity contribution in [2.75, 3.05) is 0 Å². The van der Waals surface area contributed by atoms with Crippen molar-refractivity contribution >= 4 is 5.90 Å². The highest BCUT2D eigenvalue weighted by Gasteiger charge is 2.79. The van der Waals surface area contributed by atoms with Gasteiger partial charge in [-0.05, 0) is 30.7 Å². The van der Waals surface area contributed by atoms with Crippen molar-refractivity contribution in [3.05, 3.63) is 35.6 Å². The fourth-order valence-corrected chi connectivity index (χ4v) is 4.31. The van der Waals surface area contributed by atoms with E-state index in [0.717, 1.165) is 6.42 Å². The van der Waals surface area contributed by atoms with Gasteiger partial charge in [0.25, 0.3) is 0 Å². The zero-order valence-corrected chi connectivity index (χ0v) is 15.1. The maximum Gasteiger partial charge on any atom is 0.243 e. The van der Waals surface area contributed by atoms with Crippen LogP contribution in [0.5, 0.6) is 0 Å². The molecule has 1 aromatic carbocycles. The van der Waals surface area contributed by atoms with Crippen LogP contribution >= 0.6 is 0 Å². The number of benzene rings is 1. The molecule has 0 aromatic heterocycles.